The molecule has 0 bridgehead atoms. The van der Waals surface area contributed by atoms with E-state index in [9.17, 15) is 14.4 Å². The van der Waals surface area contributed by atoms with Crippen molar-refractivity contribution in [3.05, 3.63) is 28.2 Å². The summed E-state index contributed by atoms with van der Waals surface area (Å²) in [5, 5.41) is 4.51. The van der Waals surface area contributed by atoms with Crippen LogP contribution in [0.2, 0.25) is 0 Å². The molecular formula is C15H19BrN2O5. The number of rotatable bonds is 7. The van der Waals surface area contributed by atoms with Crippen molar-refractivity contribution in [2.45, 2.75) is 20.3 Å². The number of ether oxygens (including phenoxy) is 2. The summed E-state index contributed by atoms with van der Waals surface area (Å²) >= 11 is 3.32. The zero-order valence-electron chi connectivity index (χ0n) is 13.0. The summed E-state index contributed by atoms with van der Waals surface area (Å²) < 4.78 is 10.7. The van der Waals surface area contributed by atoms with Gasteiger partial charge in [-0.3, -0.25) is 10.1 Å². The molecule has 126 valence electrons. The smallest absolute Gasteiger partial charge is 0.344 e. The van der Waals surface area contributed by atoms with Crippen LogP contribution in [0.3, 0.4) is 0 Å². The highest BCUT2D eigenvalue weighted by Gasteiger charge is 2.11. The van der Waals surface area contributed by atoms with Gasteiger partial charge in [-0.1, -0.05) is 13.0 Å². The van der Waals surface area contributed by atoms with Gasteiger partial charge in [0.2, 0.25) is 0 Å². The Morgan fingerprint density at radius 3 is 2.61 bits per heavy atom. The lowest BCUT2D eigenvalue weighted by molar-refractivity contribution is -0.150. The second kappa shape index (κ2) is 9.83. The van der Waals surface area contributed by atoms with E-state index < -0.39 is 24.5 Å². The van der Waals surface area contributed by atoms with Gasteiger partial charge < -0.3 is 14.8 Å². The van der Waals surface area contributed by atoms with Gasteiger partial charge in [0.25, 0.3) is 5.91 Å². The van der Waals surface area contributed by atoms with Gasteiger partial charge in [-0.05, 0) is 47.0 Å². The number of hydrogen-bond donors (Lipinski definition) is 2. The number of carbonyl (C=O) groups is 3. The maximum atomic E-state index is 11.5. The summed E-state index contributed by atoms with van der Waals surface area (Å²) in [6.07, 6.45) is 0.752. The van der Waals surface area contributed by atoms with Crippen molar-refractivity contribution >= 4 is 33.8 Å². The number of amides is 3. The van der Waals surface area contributed by atoms with Gasteiger partial charge >= 0.3 is 12.0 Å². The maximum Gasteiger partial charge on any atom is 0.344 e. The first-order chi connectivity index (χ1) is 10.9. The van der Waals surface area contributed by atoms with E-state index in [1.807, 2.05) is 31.3 Å². The van der Waals surface area contributed by atoms with Crippen LogP contribution in [0.25, 0.3) is 0 Å². The molecule has 1 aromatic carbocycles. The quantitative estimate of drug-likeness (QED) is 0.698. The predicted molar refractivity (Wildman–Crippen MR) is 87.2 cm³/mol. The van der Waals surface area contributed by atoms with Crippen LogP contribution in [0, 0.1) is 6.92 Å². The minimum Gasteiger partial charge on any atom is -0.481 e. The zero-order chi connectivity index (χ0) is 17.2. The van der Waals surface area contributed by atoms with E-state index in [0.29, 0.717) is 12.3 Å². The number of hydrogen-bond acceptors (Lipinski definition) is 5. The van der Waals surface area contributed by atoms with E-state index in [0.717, 1.165) is 16.5 Å². The molecule has 7 nitrogen and oxygen atoms in total. The molecule has 0 atom stereocenters. The van der Waals surface area contributed by atoms with Crippen LogP contribution < -0.4 is 15.4 Å². The Labute approximate surface area is 142 Å². The van der Waals surface area contributed by atoms with Crippen LogP contribution in [0.1, 0.15) is 18.9 Å². The summed E-state index contributed by atoms with van der Waals surface area (Å²) in [6.45, 7) is 3.39. The topological polar surface area (TPSA) is 93.7 Å². The molecule has 2 N–H and O–H groups in total. The zero-order valence-corrected chi connectivity index (χ0v) is 14.6. The molecule has 0 radical (unpaired) electrons. The van der Waals surface area contributed by atoms with E-state index in [2.05, 4.69) is 21.2 Å². The number of aryl methyl sites for hydroxylation is 1. The normalized spacial score (nSPS) is 9.87. The number of benzene rings is 1. The Hall–Kier alpha value is -2.09. The highest BCUT2D eigenvalue weighted by atomic mass is 79.9. The molecule has 0 aliphatic heterocycles. The van der Waals surface area contributed by atoms with Crippen molar-refractivity contribution in [3.63, 3.8) is 0 Å². The van der Waals surface area contributed by atoms with Crippen LogP contribution in [0.5, 0.6) is 5.75 Å². The Morgan fingerprint density at radius 2 is 1.96 bits per heavy atom. The van der Waals surface area contributed by atoms with Gasteiger partial charge in [-0.25, -0.2) is 9.59 Å². The lowest BCUT2D eigenvalue weighted by atomic mass is 10.2. The third-order valence-corrected chi connectivity index (χ3v) is 3.21. The third-order valence-electron chi connectivity index (χ3n) is 2.59. The maximum absolute atomic E-state index is 11.5. The lowest BCUT2D eigenvalue weighted by Crippen LogP contribution is -2.41. The first-order valence-corrected chi connectivity index (χ1v) is 7.84. The van der Waals surface area contributed by atoms with Crippen molar-refractivity contribution in [2.75, 3.05) is 19.8 Å². The summed E-state index contributed by atoms with van der Waals surface area (Å²) in [7, 11) is 0. The summed E-state index contributed by atoms with van der Waals surface area (Å²) in [5.74, 6) is -0.916. The van der Waals surface area contributed by atoms with E-state index >= 15 is 0 Å². The molecule has 0 aliphatic carbocycles. The molecule has 0 unspecified atom stereocenters. The number of esters is 1. The molecule has 0 aliphatic rings. The number of carbonyl (C=O) groups excluding carboxylic acids is 3. The largest absolute Gasteiger partial charge is 0.481 e. The second-order valence-electron chi connectivity index (χ2n) is 4.69. The Morgan fingerprint density at radius 1 is 1.22 bits per heavy atom. The van der Waals surface area contributed by atoms with Crippen LogP contribution in [-0.4, -0.2) is 37.7 Å². The minimum absolute atomic E-state index is 0.336. The van der Waals surface area contributed by atoms with Crippen LogP contribution >= 0.6 is 15.9 Å². The number of imide groups is 1. The van der Waals surface area contributed by atoms with Gasteiger partial charge in [0, 0.05) is 6.54 Å². The highest BCUT2D eigenvalue weighted by Crippen LogP contribution is 2.25. The van der Waals surface area contributed by atoms with Crippen LogP contribution in [0.15, 0.2) is 22.7 Å². The van der Waals surface area contributed by atoms with Crippen molar-refractivity contribution in [3.8, 4) is 5.75 Å². The Balaban J connectivity index is 2.28. The molecule has 1 aromatic rings. The summed E-state index contributed by atoms with van der Waals surface area (Å²) in [4.78, 5) is 34.1. The minimum atomic E-state index is -0.707. The first kappa shape index (κ1) is 19.0. The summed E-state index contributed by atoms with van der Waals surface area (Å²) in [5.41, 5.74) is 1.05. The summed E-state index contributed by atoms with van der Waals surface area (Å²) in [6, 6.07) is 4.79. The number of urea groups is 1. The molecule has 0 aromatic heterocycles. The van der Waals surface area contributed by atoms with Gasteiger partial charge in [-0.2, -0.15) is 0 Å². The first-order valence-electron chi connectivity index (χ1n) is 7.04. The number of halogens is 1. The van der Waals surface area contributed by atoms with E-state index in [-0.39, 0.29) is 6.61 Å². The van der Waals surface area contributed by atoms with Crippen molar-refractivity contribution in [2.24, 2.45) is 0 Å². The fourth-order valence-electron chi connectivity index (χ4n) is 1.49. The van der Waals surface area contributed by atoms with Gasteiger partial charge in [0.05, 0.1) is 4.47 Å². The van der Waals surface area contributed by atoms with Gasteiger partial charge in [-0.15, -0.1) is 0 Å². The van der Waals surface area contributed by atoms with Gasteiger partial charge in [0.1, 0.15) is 5.75 Å². The number of nitrogens with one attached hydrogen (secondary N) is 2. The monoisotopic (exact) mass is 386 g/mol. The molecule has 0 spiro atoms. The molecular weight excluding hydrogens is 368 g/mol. The second-order valence-corrected chi connectivity index (χ2v) is 5.54. The Kier molecular flexibility index (Phi) is 8.10. The molecule has 1 rings (SSSR count). The molecule has 0 heterocycles. The van der Waals surface area contributed by atoms with Gasteiger partial charge in [0.15, 0.2) is 13.2 Å². The van der Waals surface area contributed by atoms with E-state index in [1.165, 1.54) is 0 Å². The molecule has 0 saturated heterocycles. The predicted octanol–water partition coefficient (Wildman–Crippen LogP) is 1.92. The van der Waals surface area contributed by atoms with Crippen LogP contribution in [-0.2, 0) is 14.3 Å². The SMILES string of the molecule is CCCNC(=O)NC(=O)COC(=O)COc1ccc(C)cc1Br. The fourth-order valence-corrected chi connectivity index (χ4v) is 2.10. The van der Waals surface area contributed by atoms with E-state index in [4.69, 9.17) is 9.47 Å². The Bertz CT molecular complexity index is 577. The van der Waals surface area contributed by atoms with E-state index in [1.54, 1.807) is 6.07 Å². The van der Waals surface area contributed by atoms with Crippen molar-refractivity contribution in [1.29, 1.82) is 0 Å². The standard InChI is InChI=1S/C15H19BrN2O5/c1-3-6-17-15(21)18-13(19)8-23-14(20)9-22-12-5-4-10(2)7-11(12)16/h4-5,7H,3,6,8-9H2,1-2H3,(H2,17,18,19,21). The molecule has 3 amide bonds. The molecule has 23 heavy (non-hydrogen) atoms. The molecule has 0 fully saturated rings. The average Bonchev–Trinajstić information content (AvgIpc) is 2.50. The van der Waals surface area contributed by atoms with Crippen molar-refractivity contribution in [1.82, 2.24) is 10.6 Å². The molecule has 0 saturated carbocycles. The van der Waals surface area contributed by atoms with Crippen molar-refractivity contribution < 1.29 is 23.9 Å². The lowest BCUT2D eigenvalue weighted by Gasteiger charge is -2.09. The van der Waals surface area contributed by atoms with Crippen LogP contribution in [0.4, 0.5) is 4.79 Å². The highest BCUT2D eigenvalue weighted by molar-refractivity contribution is 9.10. The third kappa shape index (κ3) is 7.64. The molecule has 8 heteroatoms. The fraction of sp³-hybridized carbons (Fsp3) is 0.400. The average molecular weight is 387 g/mol.